The van der Waals surface area contributed by atoms with Gasteiger partial charge in [-0.25, -0.2) is 0 Å². The second-order valence-electron chi connectivity index (χ2n) is 4.76. The second kappa shape index (κ2) is 5.63. The Balaban J connectivity index is 2.30. The Labute approximate surface area is 125 Å². The molecule has 1 amide bonds. The van der Waals surface area contributed by atoms with Gasteiger partial charge in [0.05, 0.1) is 0 Å². The zero-order valence-electron chi connectivity index (χ0n) is 11.5. The Morgan fingerprint density at radius 2 is 1.75 bits per heavy atom. The van der Waals surface area contributed by atoms with Gasteiger partial charge in [0.2, 0.25) is 0 Å². The maximum absolute atomic E-state index is 12.1. The van der Waals surface area contributed by atoms with E-state index in [4.69, 9.17) is 0 Å². The largest absolute Gasteiger partial charge is 0.326 e. The minimum atomic E-state index is -0.410. The van der Waals surface area contributed by atoms with Gasteiger partial charge in [0, 0.05) is 15.9 Å². The van der Waals surface area contributed by atoms with Crippen LogP contribution >= 0.6 is 15.9 Å². The Bertz CT molecular complexity index is 712. The van der Waals surface area contributed by atoms with E-state index in [2.05, 4.69) is 26.2 Å². The van der Waals surface area contributed by atoms with Crippen LogP contribution in [0.3, 0.4) is 0 Å². The maximum atomic E-state index is 12.1. The molecule has 0 aliphatic rings. The van der Waals surface area contributed by atoms with Crippen molar-refractivity contribution in [1.29, 1.82) is 0 Å². The fourth-order valence-electron chi connectivity index (χ4n) is 1.97. The van der Waals surface area contributed by atoms with Gasteiger partial charge in [0.1, 0.15) is 5.56 Å². The number of hydrogen-bond donors (Lipinski definition) is 2. The first kappa shape index (κ1) is 14.5. The minimum Gasteiger partial charge on any atom is -0.326 e. The summed E-state index contributed by atoms with van der Waals surface area (Å²) in [4.78, 5) is 26.5. The lowest BCUT2D eigenvalue weighted by Gasteiger charge is -2.09. The predicted molar refractivity (Wildman–Crippen MR) is 83.4 cm³/mol. The molecule has 0 unspecified atom stereocenters. The average molecular weight is 335 g/mol. The summed E-state index contributed by atoms with van der Waals surface area (Å²) in [6.07, 6.45) is 0. The van der Waals surface area contributed by atoms with Crippen LogP contribution in [0.4, 0.5) is 5.69 Å². The number of anilines is 1. The molecule has 4 nitrogen and oxygen atoms in total. The minimum absolute atomic E-state index is 0.105. The van der Waals surface area contributed by atoms with E-state index in [-0.39, 0.29) is 11.1 Å². The number of rotatable bonds is 2. The number of aromatic amines is 1. The average Bonchev–Trinajstić information content (AvgIpc) is 2.35. The molecule has 0 radical (unpaired) electrons. The Morgan fingerprint density at radius 1 is 1.15 bits per heavy atom. The summed E-state index contributed by atoms with van der Waals surface area (Å²) in [5.74, 6) is -0.410. The first-order chi connectivity index (χ1) is 9.38. The van der Waals surface area contributed by atoms with Gasteiger partial charge in [-0.3, -0.25) is 9.59 Å². The van der Waals surface area contributed by atoms with E-state index in [1.54, 1.807) is 13.0 Å². The number of hydrogen-bond acceptors (Lipinski definition) is 2. The normalized spacial score (nSPS) is 10.4. The molecule has 2 aromatic rings. The van der Waals surface area contributed by atoms with E-state index in [1.165, 1.54) is 6.07 Å². The van der Waals surface area contributed by atoms with Crippen LogP contribution in [-0.2, 0) is 0 Å². The van der Waals surface area contributed by atoms with Crippen molar-refractivity contribution in [1.82, 2.24) is 4.98 Å². The van der Waals surface area contributed by atoms with Crippen LogP contribution in [0.1, 0.15) is 27.2 Å². The van der Waals surface area contributed by atoms with Crippen molar-refractivity contribution in [2.45, 2.75) is 20.8 Å². The first-order valence-corrected chi connectivity index (χ1v) is 6.96. The van der Waals surface area contributed by atoms with Crippen LogP contribution in [0.25, 0.3) is 0 Å². The van der Waals surface area contributed by atoms with Crippen LogP contribution in [0.15, 0.2) is 33.5 Å². The number of pyridine rings is 1. The van der Waals surface area contributed by atoms with Gasteiger partial charge in [-0.2, -0.15) is 0 Å². The second-order valence-corrected chi connectivity index (χ2v) is 5.56. The smallest absolute Gasteiger partial charge is 0.261 e. The third-order valence-electron chi connectivity index (χ3n) is 2.99. The molecule has 0 aliphatic heterocycles. The van der Waals surface area contributed by atoms with E-state index in [0.717, 1.165) is 21.3 Å². The lowest BCUT2D eigenvalue weighted by atomic mass is 10.1. The molecule has 1 aromatic heterocycles. The summed E-state index contributed by atoms with van der Waals surface area (Å²) in [5, 5.41) is 2.75. The fourth-order valence-corrected chi connectivity index (χ4v) is 2.20. The monoisotopic (exact) mass is 334 g/mol. The molecule has 0 saturated carbocycles. The van der Waals surface area contributed by atoms with Crippen molar-refractivity contribution >= 4 is 27.5 Å². The van der Waals surface area contributed by atoms with Crippen LogP contribution in [-0.4, -0.2) is 10.9 Å². The maximum Gasteiger partial charge on any atom is 0.261 e. The molecule has 0 fully saturated rings. The van der Waals surface area contributed by atoms with Crippen LogP contribution in [0, 0.1) is 20.8 Å². The van der Waals surface area contributed by atoms with Gasteiger partial charge in [-0.15, -0.1) is 0 Å². The molecular formula is C15H15BrN2O2. The lowest BCUT2D eigenvalue weighted by molar-refractivity contribution is 0.102. The summed E-state index contributed by atoms with van der Waals surface area (Å²) < 4.78 is 1.02. The Kier molecular flexibility index (Phi) is 4.09. The van der Waals surface area contributed by atoms with Gasteiger partial charge in [-0.1, -0.05) is 15.9 Å². The molecule has 0 bridgehead atoms. The standard InChI is InChI=1S/C15H15BrN2O2/c1-8-6-11(7-9(2)13(8)16)18-15(20)12-5-4-10(3)17-14(12)19/h4-7H,1-3H3,(H,17,19)(H,18,20). The molecular weight excluding hydrogens is 320 g/mol. The zero-order chi connectivity index (χ0) is 14.9. The molecule has 0 saturated heterocycles. The number of carbonyl (C=O) groups excluding carboxylic acids is 1. The van der Waals surface area contributed by atoms with Gasteiger partial charge < -0.3 is 10.3 Å². The SMILES string of the molecule is Cc1ccc(C(=O)Nc2cc(C)c(Br)c(C)c2)c(=O)[nH]1. The quantitative estimate of drug-likeness (QED) is 0.884. The number of benzene rings is 1. The highest BCUT2D eigenvalue weighted by molar-refractivity contribution is 9.10. The Morgan fingerprint density at radius 3 is 2.30 bits per heavy atom. The fraction of sp³-hybridized carbons (Fsp3) is 0.200. The third-order valence-corrected chi connectivity index (χ3v) is 4.25. The summed E-state index contributed by atoms with van der Waals surface area (Å²) in [7, 11) is 0. The molecule has 1 aromatic carbocycles. The predicted octanol–water partition coefficient (Wildman–Crippen LogP) is 3.31. The van der Waals surface area contributed by atoms with Crippen LogP contribution in [0.2, 0.25) is 0 Å². The van der Waals surface area contributed by atoms with E-state index in [0.29, 0.717) is 5.69 Å². The summed E-state index contributed by atoms with van der Waals surface area (Å²) in [6, 6.07) is 6.95. The highest BCUT2D eigenvalue weighted by Gasteiger charge is 2.11. The van der Waals surface area contributed by atoms with Crippen molar-refractivity contribution in [3.05, 3.63) is 61.5 Å². The molecule has 2 rings (SSSR count). The number of aryl methyl sites for hydroxylation is 3. The van der Waals surface area contributed by atoms with Crippen molar-refractivity contribution in [2.75, 3.05) is 5.32 Å². The zero-order valence-corrected chi connectivity index (χ0v) is 13.1. The van der Waals surface area contributed by atoms with Gasteiger partial charge in [-0.05, 0) is 56.2 Å². The highest BCUT2D eigenvalue weighted by atomic mass is 79.9. The lowest BCUT2D eigenvalue weighted by Crippen LogP contribution is -2.23. The van der Waals surface area contributed by atoms with E-state index in [1.807, 2.05) is 26.0 Å². The molecule has 0 aliphatic carbocycles. The number of H-pyrrole nitrogens is 1. The van der Waals surface area contributed by atoms with Gasteiger partial charge in [0.25, 0.3) is 11.5 Å². The number of halogens is 1. The molecule has 104 valence electrons. The van der Waals surface area contributed by atoms with Gasteiger partial charge >= 0.3 is 0 Å². The van der Waals surface area contributed by atoms with Crippen molar-refractivity contribution in [3.63, 3.8) is 0 Å². The number of carbonyl (C=O) groups is 1. The molecule has 20 heavy (non-hydrogen) atoms. The summed E-state index contributed by atoms with van der Waals surface area (Å²) in [5.41, 5.74) is 3.17. The highest BCUT2D eigenvalue weighted by Crippen LogP contribution is 2.25. The number of aromatic nitrogens is 1. The first-order valence-electron chi connectivity index (χ1n) is 6.16. The summed E-state index contributed by atoms with van der Waals surface area (Å²) in [6.45, 7) is 5.67. The molecule has 0 spiro atoms. The molecule has 2 N–H and O–H groups in total. The molecule has 1 heterocycles. The summed E-state index contributed by atoms with van der Waals surface area (Å²) >= 11 is 3.48. The van der Waals surface area contributed by atoms with E-state index < -0.39 is 5.91 Å². The third kappa shape index (κ3) is 2.99. The number of nitrogens with one attached hydrogen (secondary N) is 2. The van der Waals surface area contributed by atoms with Crippen molar-refractivity contribution in [2.24, 2.45) is 0 Å². The molecule has 5 heteroatoms. The number of amides is 1. The Hall–Kier alpha value is -1.88. The van der Waals surface area contributed by atoms with Crippen molar-refractivity contribution < 1.29 is 4.79 Å². The van der Waals surface area contributed by atoms with Crippen LogP contribution < -0.4 is 10.9 Å². The van der Waals surface area contributed by atoms with E-state index in [9.17, 15) is 9.59 Å². The topological polar surface area (TPSA) is 62.0 Å². The van der Waals surface area contributed by atoms with Gasteiger partial charge in [0.15, 0.2) is 0 Å². The van der Waals surface area contributed by atoms with Crippen molar-refractivity contribution in [3.8, 4) is 0 Å². The van der Waals surface area contributed by atoms with Crippen LogP contribution in [0.5, 0.6) is 0 Å². The molecule has 0 atom stereocenters. The van der Waals surface area contributed by atoms with E-state index >= 15 is 0 Å².